The Hall–Kier alpha value is -0.550. The summed E-state index contributed by atoms with van der Waals surface area (Å²) in [6.45, 7) is 4.91. The van der Waals surface area contributed by atoms with Crippen LogP contribution in [-0.2, 0) is 4.79 Å². The van der Waals surface area contributed by atoms with E-state index in [0.29, 0.717) is 6.54 Å². The van der Waals surface area contributed by atoms with Crippen LogP contribution < -0.4 is 0 Å². The number of piperazine rings is 1. The highest BCUT2D eigenvalue weighted by atomic mass is 32.2. The first-order valence-corrected chi connectivity index (χ1v) is 5.77. The molecule has 0 radical (unpaired) electrons. The second kappa shape index (κ2) is 4.31. The van der Waals surface area contributed by atoms with Gasteiger partial charge in [0.1, 0.15) is 6.29 Å². The molecule has 14 heavy (non-hydrogen) atoms. The number of hydrogen-bond donors (Lipinski definition) is 0. The Morgan fingerprint density at radius 2 is 2.14 bits per heavy atom. The normalized spacial score (nSPS) is 29.1. The van der Waals surface area contributed by atoms with E-state index in [-0.39, 0.29) is 5.25 Å². The minimum atomic E-state index is 0.0599. The van der Waals surface area contributed by atoms with Crippen molar-refractivity contribution in [1.29, 1.82) is 0 Å². The molecule has 0 aromatic carbocycles. The minimum absolute atomic E-state index is 0.0599. The van der Waals surface area contributed by atoms with Crippen molar-refractivity contribution >= 4 is 23.2 Å². The summed E-state index contributed by atoms with van der Waals surface area (Å²) in [6.07, 6.45) is 0.997. The van der Waals surface area contributed by atoms with E-state index in [1.54, 1.807) is 11.8 Å². The van der Waals surface area contributed by atoms with Gasteiger partial charge in [-0.25, -0.2) is 0 Å². The largest absolute Gasteiger partial charge is 0.349 e. The number of nitrogens with zero attached hydrogens (tertiary/aromatic N) is 3. The molecule has 0 aromatic heterocycles. The molecule has 1 fully saturated rings. The SMILES string of the molecule is CN1CCN(C2=NCC(C=O)S2)CC1. The zero-order chi connectivity index (χ0) is 9.97. The van der Waals surface area contributed by atoms with E-state index in [4.69, 9.17) is 0 Å². The summed E-state index contributed by atoms with van der Waals surface area (Å²) in [7, 11) is 2.13. The van der Waals surface area contributed by atoms with Crippen molar-refractivity contribution in [2.75, 3.05) is 39.8 Å². The van der Waals surface area contributed by atoms with Crippen LogP contribution in [-0.4, -0.2) is 66.3 Å². The molecule has 1 atom stereocenters. The van der Waals surface area contributed by atoms with Crippen LogP contribution in [0.3, 0.4) is 0 Å². The van der Waals surface area contributed by atoms with E-state index < -0.39 is 0 Å². The van der Waals surface area contributed by atoms with Gasteiger partial charge in [0.2, 0.25) is 0 Å². The smallest absolute Gasteiger partial charge is 0.160 e. The minimum Gasteiger partial charge on any atom is -0.349 e. The monoisotopic (exact) mass is 213 g/mol. The summed E-state index contributed by atoms with van der Waals surface area (Å²) in [5.74, 6) is 0. The number of carbonyl (C=O) groups is 1. The lowest BCUT2D eigenvalue weighted by Gasteiger charge is -2.33. The summed E-state index contributed by atoms with van der Waals surface area (Å²) in [5.41, 5.74) is 0. The molecule has 1 saturated heterocycles. The number of hydrogen-bond acceptors (Lipinski definition) is 5. The van der Waals surface area contributed by atoms with E-state index in [0.717, 1.165) is 37.6 Å². The lowest BCUT2D eigenvalue weighted by atomic mass is 10.3. The van der Waals surface area contributed by atoms with Crippen LogP contribution in [0.2, 0.25) is 0 Å². The van der Waals surface area contributed by atoms with Crippen LogP contribution in [0.5, 0.6) is 0 Å². The lowest BCUT2D eigenvalue weighted by molar-refractivity contribution is -0.107. The number of aliphatic imine (C=N–C) groups is 1. The summed E-state index contributed by atoms with van der Waals surface area (Å²) < 4.78 is 0. The zero-order valence-electron chi connectivity index (χ0n) is 8.35. The highest BCUT2D eigenvalue weighted by Gasteiger charge is 2.25. The first-order chi connectivity index (χ1) is 6.79. The second-order valence-electron chi connectivity index (χ2n) is 3.71. The average Bonchev–Trinajstić information content (AvgIpc) is 2.67. The van der Waals surface area contributed by atoms with Crippen LogP contribution in [0, 0.1) is 0 Å². The molecule has 0 N–H and O–H groups in total. The van der Waals surface area contributed by atoms with Crippen LogP contribution in [0.25, 0.3) is 0 Å². The maximum Gasteiger partial charge on any atom is 0.160 e. The Labute approximate surface area is 88.3 Å². The molecule has 0 aliphatic carbocycles. The zero-order valence-corrected chi connectivity index (χ0v) is 9.16. The van der Waals surface area contributed by atoms with Crippen molar-refractivity contribution in [3.05, 3.63) is 0 Å². The van der Waals surface area contributed by atoms with Gasteiger partial charge in [-0.2, -0.15) is 0 Å². The van der Waals surface area contributed by atoms with Gasteiger partial charge in [-0.15, -0.1) is 0 Å². The van der Waals surface area contributed by atoms with E-state index in [9.17, 15) is 4.79 Å². The van der Waals surface area contributed by atoms with Gasteiger partial charge >= 0.3 is 0 Å². The summed E-state index contributed by atoms with van der Waals surface area (Å²) >= 11 is 1.61. The molecule has 2 heterocycles. The molecule has 0 spiro atoms. The third kappa shape index (κ3) is 2.09. The Kier molecular flexibility index (Phi) is 3.08. The maximum atomic E-state index is 10.6. The molecule has 2 rings (SSSR count). The number of thioether (sulfide) groups is 1. The van der Waals surface area contributed by atoms with Crippen molar-refractivity contribution in [2.24, 2.45) is 4.99 Å². The number of amidine groups is 1. The average molecular weight is 213 g/mol. The van der Waals surface area contributed by atoms with Gasteiger partial charge < -0.3 is 14.6 Å². The number of rotatable bonds is 1. The molecule has 78 valence electrons. The molecule has 0 amide bonds. The lowest BCUT2D eigenvalue weighted by Crippen LogP contribution is -2.46. The van der Waals surface area contributed by atoms with Crippen molar-refractivity contribution < 1.29 is 4.79 Å². The molecule has 2 aliphatic heterocycles. The Morgan fingerprint density at radius 3 is 2.71 bits per heavy atom. The van der Waals surface area contributed by atoms with Crippen LogP contribution in [0.4, 0.5) is 0 Å². The summed E-state index contributed by atoms with van der Waals surface area (Å²) in [4.78, 5) is 19.6. The summed E-state index contributed by atoms with van der Waals surface area (Å²) in [5, 5.41) is 1.12. The first kappa shape index (κ1) is 9.98. The van der Waals surface area contributed by atoms with Gasteiger partial charge in [-0.3, -0.25) is 4.99 Å². The summed E-state index contributed by atoms with van der Waals surface area (Å²) in [6, 6.07) is 0. The second-order valence-corrected chi connectivity index (χ2v) is 4.91. The topological polar surface area (TPSA) is 35.9 Å². The van der Waals surface area contributed by atoms with E-state index in [2.05, 4.69) is 21.8 Å². The number of aldehydes is 1. The number of carbonyl (C=O) groups excluding carboxylic acids is 1. The fraction of sp³-hybridized carbons (Fsp3) is 0.778. The molecular weight excluding hydrogens is 198 g/mol. The van der Waals surface area contributed by atoms with Crippen molar-refractivity contribution in [3.63, 3.8) is 0 Å². The van der Waals surface area contributed by atoms with Crippen LogP contribution in [0.15, 0.2) is 4.99 Å². The van der Waals surface area contributed by atoms with Crippen molar-refractivity contribution in [1.82, 2.24) is 9.80 Å². The predicted octanol–water partition coefficient (Wildman–Crippen LogP) is -0.0959. The van der Waals surface area contributed by atoms with Crippen molar-refractivity contribution in [2.45, 2.75) is 5.25 Å². The molecule has 4 nitrogen and oxygen atoms in total. The van der Waals surface area contributed by atoms with Crippen LogP contribution >= 0.6 is 11.8 Å². The molecular formula is C9H15N3OS. The van der Waals surface area contributed by atoms with Crippen LogP contribution in [0.1, 0.15) is 0 Å². The Balaban J connectivity index is 1.88. The molecule has 2 aliphatic rings. The maximum absolute atomic E-state index is 10.6. The highest BCUT2D eigenvalue weighted by molar-refractivity contribution is 8.15. The fourth-order valence-corrected chi connectivity index (χ4v) is 2.58. The van der Waals surface area contributed by atoms with E-state index in [1.807, 2.05) is 0 Å². The van der Waals surface area contributed by atoms with Gasteiger partial charge in [0.25, 0.3) is 0 Å². The molecule has 0 saturated carbocycles. The predicted molar refractivity (Wildman–Crippen MR) is 58.8 cm³/mol. The molecule has 0 bridgehead atoms. The van der Waals surface area contributed by atoms with Gasteiger partial charge in [0, 0.05) is 26.2 Å². The number of likely N-dealkylation sites (N-methyl/N-ethyl adjacent to an activating group) is 1. The quantitative estimate of drug-likeness (QED) is 0.570. The Bertz CT molecular complexity index is 248. The van der Waals surface area contributed by atoms with Crippen molar-refractivity contribution in [3.8, 4) is 0 Å². The van der Waals surface area contributed by atoms with Gasteiger partial charge in [-0.05, 0) is 7.05 Å². The van der Waals surface area contributed by atoms with Gasteiger partial charge in [-0.1, -0.05) is 11.8 Å². The third-order valence-electron chi connectivity index (χ3n) is 2.59. The Morgan fingerprint density at radius 1 is 1.43 bits per heavy atom. The molecule has 5 heteroatoms. The van der Waals surface area contributed by atoms with Gasteiger partial charge in [0.15, 0.2) is 5.17 Å². The third-order valence-corrected chi connectivity index (χ3v) is 3.75. The first-order valence-electron chi connectivity index (χ1n) is 4.89. The molecule has 0 aromatic rings. The van der Waals surface area contributed by atoms with E-state index in [1.165, 1.54) is 0 Å². The fourth-order valence-electron chi connectivity index (χ4n) is 1.62. The highest BCUT2D eigenvalue weighted by Crippen LogP contribution is 2.22. The standard InChI is InChI=1S/C9H15N3OS/c1-11-2-4-12(5-3-11)9-10-6-8(7-13)14-9/h7-8H,2-6H2,1H3. The van der Waals surface area contributed by atoms with E-state index >= 15 is 0 Å². The molecule has 1 unspecified atom stereocenters. The van der Waals surface area contributed by atoms with Gasteiger partial charge in [0.05, 0.1) is 11.8 Å².